The molecule has 1 N–H and O–H groups in total. The van der Waals surface area contributed by atoms with Gasteiger partial charge in [0.15, 0.2) is 5.13 Å². The van der Waals surface area contributed by atoms with Crippen molar-refractivity contribution in [1.82, 2.24) is 15.0 Å². The lowest BCUT2D eigenvalue weighted by molar-refractivity contribution is 0.102. The third kappa shape index (κ3) is 3.67. The van der Waals surface area contributed by atoms with Gasteiger partial charge in [0.25, 0.3) is 5.91 Å². The number of thiazole rings is 1. The second kappa shape index (κ2) is 7.42. The summed E-state index contributed by atoms with van der Waals surface area (Å²) < 4.78 is 6.08. The zero-order chi connectivity index (χ0) is 18.8. The van der Waals surface area contributed by atoms with Gasteiger partial charge in [-0.15, -0.1) is 11.3 Å². The molecular weight excluding hydrogens is 428 g/mol. The molecule has 27 heavy (non-hydrogen) atoms. The number of fused-ring (bicyclic) bond motifs is 1. The minimum absolute atomic E-state index is 0.248. The number of para-hydroxylation sites is 2. The molecular formula is C19H13BrN4O2S. The highest BCUT2D eigenvalue weighted by molar-refractivity contribution is 9.10. The van der Waals surface area contributed by atoms with Crippen molar-refractivity contribution in [3.63, 3.8) is 0 Å². The molecule has 0 saturated heterocycles. The number of rotatable bonds is 4. The third-order valence-electron chi connectivity index (χ3n) is 3.85. The molecule has 0 unspecified atom stereocenters. The molecule has 0 aliphatic rings. The molecule has 1 amide bonds. The largest absolute Gasteiger partial charge is 0.496 e. The van der Waals surface area contributed by atoms with E-state index in [0.29, 0.717) is 10.6 Å². The third-order valence-corrected chi connectivity index (χ3v) is 5.23. The summed E-state index contributed by atoms with van der Waals surface area (Å²) in [5.74, 6) is 0.405. The van der Waals surface area contributed by atoms with E-state index in [0.717, 1.165) is 27.0 Å². The van der Waals surface area contributed by atoms with Crippen LogP contribution in [0.2, 0.25) is 0 Å². The maximum Gasteiger partial charge on any atom is 0.277 e. The number of nitrogens with one attached hydrogen (secondary N) is 1. The van der Waals surface area contributed by atoms with Gasteiger partial charge in [-0.05, 0) is 46.3 Å². The molecule has 0 aliphatic carbocycles. The van der Waals surface area contributed by atoms with Crippen LogP contribution in [0.25, 0.3) is 22.3 Å². The molecule has 0 fully saturated rings. The number of hydrogen-bond acceptors (Lipinski definition) is 6. The number of anilines is 1. The van der Waals surface area contributed by atoms with Gasteiger partial charge in [0.1, 0.15) is 11.4 Å². The Morgan fingerprint density at radius 2 is 1.96 bits per heavy atom. The minimum Gasteiger partial charge on any atom is -0.496 e. The normalized spacial score (nSPS) is 10.7. The molecule has 0 saturated carbocycles. The first-order valence-electron chi connectivity index (χ1n) is 7.96. The van der Waals surface area contributed by atoms with E-state index in [-0.39, 0.29) is 11.6 Å². The molecule has 0 aliphatic heterocycles. The molecule has 2 aromatic heterocycles. The Morgan fingerprint density at radius 1 is 1.15 bits per heavy atom. The van der Waals surface area contributed by atoms with Crippen molar-refractivity contribution in [3.05, 3.63) is 64.2 Å². The molecule has 134 valence electrons. The van der Waals surface area contributed by atoms with E-state index < -0.39 is 0 Å². The Bertz CT molecular complexity index is 1150. The van der Waals surface area contributed by atoms with Crippen molar-refractivity contribution >= 4 is 49.3 Å². The summed E-state index contributed by atoms with van der Waals surface area (Å²) in [4.78, 5) is 25.6. The highest BCUT2D eigenvalue weighted by Crippen LogP contribution is 2.32. The van der Waals surface area contributed by atoms with Crippen LogP contribution in [0.5, 0.6) is 5.75 Å². The molecule has 4 rings (SSSR count). The topological polar surface area (TPSA) is 77.0 Å². The van der Waals surface area contributed by atoms with Crippen molar-refractivity contribution in [1.29, 1.82) is 0 Å². The summed E-state index contributed by atoms with van der Waals surface area (Å²) in [6.45, 7) is 0. The number of amides is 1. The monoisotopic (exact) mass is 440 g/mol. The number of benzene rings is 2. The lowest BCUT2D eigenvalue weighted by atomic mass is 10.2. The van der Waals surface area contributed by atoms with E-state index in [4.69, 9.17) is 4.74 Å². The summed E-state index contributed by atoms with van der Waals surface area (Å²) in [5, 5.41) is 5.16. The SMILES string of the molecule is COc1ccc(-c2csc(NC(=O)c3cnc4ccccc4n3)n2)cc1Br. The number of nitrogens with zero attached hydrogens (tertiary/aromatic N) is 3. The van der Waals surface area contributed by atoms with Crippen LogP contribution < -0.4 is 10.1 Å². The molecule has 0 spiro atoms. The summed E-state index contributed by atoms with van der Waals surface area (Å²) in [6, 6.07) is 13.1. The Hall–Kier alpha value is -2.84. The summed E-state index contributed by atoms with van der Waals surface area (Å²) in [5.41, 5.74) is 3.36. The minimum atomic E-state index is -0.343. The van der Waals surface area contributed by atoms with Gasteiger partial charge in [-0.3, -0.25) is 15.1 Å². The Kier molecular flexibility index (Phi) is 4.83. The number of carbonyl (C=O) groups is 1. The van der Waals surface area contributed by atoms with E-state index in [1.165, 1.54) is 17.5 Å². The van der Waals surface area contributed by atoms with E-state index in [1.807, 2.05) is 47.8 Å². The molecule has 4 aromatic rings. The molecule has 8 heteroatoms. The van der Waals surface area contributed by atoms with Crippen LogP contribution in [0.3, 0.4) is 0 Å². The van der Waals surface area contributed by atoms with Gasteiger partial charge in [-0.25, -0.2) is 9.97 Å². The number of aromatic nitrogens is 3. The van der Waals surface area contributed by atoms with Crippen molar-refractivity contribution in [2.45, 2.75) is 0 Å². The van der Waals surface area contributed by atoms with Gasteiger partial charge < -0.3 is 4.74 Å². The second-order valence-electron chi connectivity index (χ2n) is 5.59. The highest BCUT2D eigenvalue weighted by atomic mass is 79.9. The fourth-order valence-electron chi connectivity index (χ4n) is 2.52. The number of carbonyl (C=O) groups excluding carboxylic acids is 1. The van der Waals surface area contributed by atoms with E-state index in [1.54, 1.807) is 7.11 Å². The predicted molar refractivity (Wildman–Crippen MR) is 109 cm³/mol. The number of hydrogen-bond donors (Lipinski definition) is 1. The van der Waals surface area contributed by atoms with Gasteiger partial charge in [0.05, 0.1) is 34.5 Å². The van der Waals surface area contributed by atoms with Crippen LogP contribution in [0, 0.1) is 0 Å². The molecule has 2 aromatic carbocycles. The van der Waals surface area contributed by atoms with Crippen molar-refractivity contribution in [2.75, 3.05) is 12.4 Å². The first-order valence-corrected chi connectivity index (χ1v) is 9.64. The average Bonchev–Trinajstić information content (AvgIpc) is 3.16. The Labute approximate surface area is 167 Å². The van der Waals surface area contributed by atoms with Gasteiger partial charge in [0.2, 0.25) is 0 Å². The fraction of sp³-hybridized carbons (Fsp3) is 0.0526. The number of ether oxygens (including phenoxy) is 1. The molecule has 2 heterocycles. The van der Waals surface area contributed by atoms with Crippen LogP contribution >= 0.6 is 27.3 Å². The van der Waals surface area contributed by atoms with Gasteiger partial charge >= 0.3 is 0 Å². The van der Waals surface area contributed by atoms with Crippen LogP contribution in [0.4, 0.5) is 5.13 Å². The van der Waals surface area contributed by atoms with E-state index in [9.17, 15) is 4.79 Å². The maximum absolute atomic E-state index is 12.5. The van der Waals surface area contributed by atoms with Crippen LogP contribution in [0.1, 0.15) is 10.5 Å². The summed E-state index contributed by atoms with van der Waals surface area (Å²) in [7, 11) is 1.62. The number of methoxy groups -OCH3 is 1. The Balaban J connectivity index is 1.54. The maximum atomic E-state index is 12.5. The molecule has 0 atom stereocenters. The van der Waals surface area contributed by atoms with Crippen LogP contribution in [-0.4, -0.2) is 28.0 Å². The first-order chi connectivity index (χ1) is 13.1. The standard InChI is InChI=1S/C19H13BrN4O2S/c1-26-17-7-6-11(8-12(17)20)16-10-27-19(23-16)24-18(25)15-9-21-13-4-2-3-5-14(13)22-15/h2-10H,1H3,(H,23,24,25). The van der Waals surface area contributed by atoms with Crippen molar-refractivity contribution < 1.29 is 9.53 Å². The zero-order valence-corrected chi connectivity index (χ0v) is 16.5. The molecule has 6 nitrogen and oxygen atoms in total. The zero-order valence-electron chi connectivity index (χ0n) is 14.1. The smallest absolute Gasteiger partial charge is 0.277 e. The highest BCUT2D eigenvalue weighted by Gasteiger charge is 2.13. The van der Waals surface area contributed by atoms with Crippen LogP contribution in [-0.2, 0) is 0 Å². The lowest BCUT2D eigenvalue weighted by Crippen LogP contribution is -2.14. The van der Waals surface area contributed by atoms with Gasteiger partial charge in [-0.2, -0.15) is 0 Å². The average molecular weight is 441 g/mol. The first kappa shape index (κ1) is 17.6. The summed E-state index contributed by atoms with van der Waals surface area (Å²) in [6.07, 6.45) is 1.47. The van der Waals surface area contributed by atoms with Gasteiger partial charge in [-0.1, -0.05) is 12.1 Å². The Morgan fingerprint density at radius 3 is 2.74 bits per heavy atom. The van der Waals surface area contributed by atoms with E-state index in [2.05, 4.69) is 36.2 Å². The summed E-state index contributed by atoms with van der Waals surface area (Å²) >= 11 is 4.82. The fourth-order valence-corrected chi connectivity index (χ4v) is 3.77. The second-order valence-corrected chi connectivity index (χ2v) is 7.30. The molecule has 0 radical (unpaired) electrons. The predicted octanol–water partition coefficient (Wildman–Crippen LogP) is 4.78. The van der Waals surface area contributed by atoms with Crippen LogP contribution in [0.15, 0.2) is 58.5 Å². The lowest BCUT2D eigenvalue weighted by Gasteiger charge is -2.04. The van der Waals surface area contributed by atoms with Gasteiger partial charge in [0, 0.05) is 10.9 Å². The van der Waals surface area contributed by atoms with Crippen molar-refractivity contribution in [3.8, 4) is 17.0 Å². The molecule has 0 bridgehead atoms. The number of halogens is 1. The quantitative estimate of drug-likeness (QED) is 0.494. The van der Waals surface area contributed by atoms with Crippen molar-refractivity contribution in [2.24, 2.45) is 0 Å². The van der Waals surface area contributed by atoms with E-state index >= 15 is 0 Å².